The number of carbonyl (C=O) groups is 2. The average Bonchev–Trinajstić information content (AvgIpc) is 2.84. The number of carboxylic acid groups (broad SMARTS) is 1. The van der Waals surface area contributed by atoms with Gasteiger partial charge in [-0.1, -0.05) is 0 Å². The maximum atomic E-state index is 12.2. The number of nitrogens with one attached hydrogen (secondary N) is 1. The lowest BCUT2D eigenvalue weighted by Crippen LogP contribution is -2.14. The van der Waals surface area contributed by atoms with Gasteiger partial charge in [-0.15, -0.1) is 0 Å². The summed E-state index contributed by atoms with van der Waals surface area (Å²) in [7, 11) is 1.77. The van der Waals surface area contributed by atoms with Crippen LogP contribution in [0, 0.1) is 13.8 Å². The molecule has 0 atom stereocenters. The zero-order valence-corrected chi connectivity index (χ0v) is 11.4. The van der Waals surface area contributed by atoms with Crippen LogP contribution in [0.2, 0.25) is 0 Å². The standard InChI is InChI=1S/C12H15N5O3/c1-7-11(8(2)16(3)15-7)12(20)14-9-4-13-17(5-9)6-10(18)19/h4-5H,6H2,1-3H3,(H,14,20)(H,18,19). The Morgan fingerprint density at radius 1 is 1.40 bits per heavy atom. The summed E-state index contributed by atoms with van der Waals surface area (Å²) in [5.74, 6) is -1.28. The molecule has 106 valence electrons. The second-order valence-corrected chi connectivity index (χ2v) is 4.44. The van der Waals surface area contributed by atoms with Crippen LogP contribution in [0.1, 0.15) is 21.7 Å². The fourth-order valence-corrected chi connectivity index (χ4v) is 1.95. The summed E-state index contributed by atoms with van der Waals surface area (Å²) in [6.45, 7) is 3.32. The predicted molar refractivity (Wildman–Crippen MR) is 70.5 cm³/mol. The van der Waals surface area contributed by atoms with Crippen LogP contribution >= 0.6 is 0 Å². The highest BCUT2D eigenvalue weighted by molar-refractivity contribution is 6.05. The second kappa shape index (κ2) is 5.16. The second-order valence-electron chi connectivity index (χ2n) is 4.44. The first-order valence-electron chi connectivity index (χ1n) is 5.94. The maximum absolute atomic E-state index is 12.2. The first kappa shape index (κ1) is 13.8. The van der Waals surface area contributed by atoms with Crippen molar-refractivity contribution in [2.24, 2.45) is 7.05 Å². The minimum absolute atomic E-state index is 0.249. The summed E-state index contributed by atoms with van der Waals surface area (Å²) in [6.07, 6.45) is 2.87. The van der Waals surface area contributed by atoms with Gasteiger partial charge >= 0.3 is 5.97 Å². The summed E-state index contributed by atoms with van der Waals surface area (Å²) in [6, 6.07) is 0. The third-order valence-corrected chi connectivity index (χ3v) is 2.92. The largest absolute Gasteiger partial charge is 0.480 e. The van der Waals surface area contributed by atoms with E-state index in [9.17, 15) is 9.59 Å². The van der Waals surface area contributed by atoms with Gasteiger partial charge < -0.3 is 10.4 Å². The molecule has 20 heavy (non-hydrogen) atoms. The van der Waals surface area contributed by atoms with Gasteiger partial charge in [0, 0.05) is 18.9 Å². The lowest BCUT2D eigenvalue weighted by atomic mass is 10.2. The number of carboxylic acids is 1. The molecule has 2 aromatic rings. The van der Waals surface area contributed by atoms with Gasteiger partial charge in [-0.05, 0) is 13.8 Å². The molecule has 0 aliphatic rings. The smallest absolute Gasteiger partial charge is 0.325 e. The van der Waals surface area contributed by atoms with Crippen LogP contribution in [0.25, 0.3) is 0 Å². The zero-order chi connectivity index (χ0) is 14.9. The molecule has 8 nitrogen and oxygen atoms in total. The first-order valence-corrected chi connectivity index (χ1v) is 5.94. The Bertz CT molecular complexity index is 671. The molecule has 2 rings (SSSR count). The zero-order valence-electron chi connectivity index (χ0n) is 11.4. The third-order valence-electron chi connectivity index (χ3n) is 2.92. The number of aliphatic carboxylic acids is 1. The number of rotatable bonds is 4. The number of anilines is 1. The third kappa shape index (κ3) is 2.68. The van der Waals surface area contributed by atoms with Gasteiger partial charge in [0.05, 0.1) is 23.1 Å². The van der Waals surface area contributed by atoms with Crippen molar-refractivity contribution in [2.75, 3.05) is 5.32 Å². The van der Waals surface area contributed by atoms with Crippen molar-refractivity contribution < 1.29 is 14.7 Å². The van der Waals surface area contributed by atoms with E-state index in [-0.39, 0.29) is 12.5 Å². The molecule has 0 aliphatic carbocycles. The number of amides is 1. The maximum Gasteiger partial charge on any atom is 0.325 e. The van der Waals surface area contributed by atoms with Crippen LogP contribution < -0.4 is 5.32 Å². The Morgan fingerprint density at radius 3 is 2.65 bits per heavy atom. The van der Waals surface area contributed by atoms with Crippen molar-refractivity contribution in [1.29, 1.82) is 0 Å². The first-order chi connectivity index (χ1) is 9.38. The van der Waals surface area contributed by atoms with E-state index in [1.807, 2.05) is 6.92 Å². The summed E-state index contributed by atoms with van der Waals surface area (Å²) in [5.41, 5.74) is 2.36. The molecule has 0 spiro atoms. The van der Waals surface area contributed by atoms with Crippen molar-refractivity contribution in [3.05, 3.63) is 29.3 Å². The van der Waals surface area contributed by atoms with Gasteiger partial charge in [-0.3, -0.25) is 19.0 Å². The molecule has 0 saturated carbocycles. The monoisotopic (exact) mass is 277 g/mol. The molecule has 0 unspecified atom stereocenters. The Balaban J connectivity index is 2.15. The number of carbonyl (C=O) groups excluding carboxylic acids is 1. The van der Waals surface area contributed by atoms with Crippen LogP contribution in [-0.4, -0.2) is 36.5 Å². The van der Waals surface area contributed by atoms with Crippen LogP contribution in [0.15, 0.2) is 12.4 Å². The van der Waals surface area contributed by atoms with E-state index in [1.165, 1.54) is 17.1 Å². The van der Waals surface area contributed by atoms with E-state index < -0.39 is 5.97 Å². The quantitative estimate of drug-likeness (QED) is 0.850. The summed E-state index contributed by atoms with van der Waals surface area (Å²) < 4.78 is 2.87. The highest BCUT2D eigenvalue weighted by Gasteiger charge is 2.17. The number of aryl methyl sites for hydroxylation is 2. The van der Waals surface area contributed by atoms with Gasteiger partial charge in [0.1, 0.15) is 6.54 Å². The molecule has 0 radical (unpaired) electrons. The number of aromatic nitrogens is 4. The van der Waals surface area contributed by atoms with Crippen LogP contribution in [0.5, 0.6) is 0 Å². The van der Waals surface area contributed by atoms with Gasteiger partial charge in [0.15, 0.2) is 0 Å². The Kier molecular flexibility index (Phi) is 3.55. The topological polar surface area (TPSA) is 102 Å². The number of hydrogen-bond donors (Lipinski definition) is 2. The van der Waals surface area contributed by atoms with Crippen LogP contribution in [0.3, 0.4) is 0 Å². The summed E-state index contributed by atoms with van der Waals surface area (Å²) in [4.78, 5) is 22.7. The van der Waals surface area contributed by atoms with Crippen molar-refractivity contribution in [3.8, 4) is 0 Å². The Hall–Kier alpha value is -2.64. The van der Waals surface area contributed by atoms with Crippen LogP contribution in [-0.2, 0) is 18.4 Å². The molecule has 0 aliphatic heterocycles. The average molecular weight is 277 g/mol. The van der Waals surface area contributed by atoms with E-state index in [0.717, 1.165) is 5.69 Å². The van der Waals surface area contributed by atoms with Crippen molar-refractivity contribution >= 4 is 17.6 Å². The summed E-state index contributed by atoms with van der Waals surface area (Å²) >= 11 is 0. The Labute approximate surface area is 115 Å². The lowest BCUT2D eigenvalue weighted by Gasteiger charge is -2.02. The minimum atomic E-state index is -0.995. The highest BCUT2D eigenvalue weighted by atomic mass is 16.4. The molecule has 1 amide bonds. The van der Waals surface area contributed by atoms with E-state index in [1.54, 1.807) is 18.7 Å². The molecular weight excluding hydrogens is 262 g/mol. The predicted octanol–water partition coefficient (Wildman–Crippen LogP) is 0.570. The molecule has 0 fully saturated rings. The fourth-order valence-electron chi connectivity index (χ4n) is 1.95. The molecule has 2 aromatic heterocycles. The molecular formula is C12H15N5O3. The molecule has 0 aromatic carbocycles. The molecule has 0 bridgehead atoms. The molecule has 2 heterocycles. The van der Waals surface area contributed by atoms with E-state index in [4.69, 9.17) is 5.11 Å². The van der Waals surface area contributed by atoms with E-state index >= 15 is 0 Å². The van der Waals surface area contributed by atoms with Gasteiger partial charge in [0.25, 0.3) is 5.91 Å². The fraction of sp³-hybridized carbons (Fsp3) is 0.333. The SMILES string of the molecule is Cc1nn(C)c(C)c1C(=O)Nc1cnn(CC(=O)O)c1. The normalized spacial score (nSPS) is 10.6. The van der Waals surface area contributed by atoms with Crippen molar-refractivity contribution in [1.82, 2.24) is 19.6 Å². The van der Waals surface area contributed by atoms with Crippen molar-refractivity contribution in [3.63, 3.8) is 0 Å². The highest BCUT2D eigenvalue weighted by Crippen LogP contribution is 2.14. The van der Waals surface area contributed by atoms with Gasteiger partial charge in [-0.2, -0.15) is 10.2 Å². The Morgan fingerprint density at radius 2 is 2.10 bits per heavy atom. The minimum Gasteiger partial charge on any atom is -0.480 e. The van der Waals surface area contributed by atoms with Gasteiger partial charge in [0.2, 0.25) is 0 Å². The molecule has 0 saturated heterocycles. The van der Waals surface area contributed by atoms with Gasteiger partial charge in [-0.25, -0.2) is 0 Å². The molecule has 8 heteroatoms. The summed E-state index contributed by atoms with van der Waals surface area (Å²) in [5, 5.41) is 19.4. The van der Waals surface area contributed by atoms with E-state index in [0.29, 0.717) is 16.9 Å². The number of hydrogen-bond acceptors (Lipinski definition) is 4. The lowest BCUT2D eigenvalue weighted by molar-refractivity contribution is -0.137. The number of nitrogens with zero attached hydrogens (tertiary/aromatic N) is 4. The van der Waals surface area contributed by atoms with Crippen molar-refractivity contribution in [2.45, 2.75) is 20.4 Å². The van der Waals surface area contributed by atoms with Crippen LogP contribution in [0.4, 0.5) is 5.69 Å². The van der Waals surface area contributed by atoms with E-state index in [2.05, 4.69) is 15.5 Å². The molecule has 2 N–H and O–H groups in total.